The van der Waals surface area contributed by atoms with Gasteiger partial charge >= 0.3 is 0 Å². The van der Waals surface area contributed by atoms with E-state index in [1.165, 1.54) is 27.8 Å². The van der Waals surface area contributed by atoms with Crippen molar-refractivity contribution in [1.29, 1.82) is 0 Å². The third-order valence-electron chi connectivity index (χ3n) is 4.25. The zero-order valence-corrected chi connectivity index (χ0v) is 13.9. The topological polar surface area (TPSA) is 21.3 Å². The molecule has 2 nitrogen and oxygen atoms in total. The van der Waals surface area contributed by atoms with E-state index in [9.17, 15) is 0 Å². The number of rotatable bonds is 4. The summed E-state index contributed by atoms with van der Waals surface area (Å²) < 4.78 is 5.46. The van der Waals surface area contributed by atoms with Crippen molar-refractivity contribution in [3.8, 4) is 5.75 Å². The summed E-state index contributed by atoms with van der Waals surface area (Å²) in [6.45, 7) is 8.58. The summed E-state index contributed by atoms with van der Waals surface area (Å²) >= 11 is 0. The molecule has 2 aromatic carbocycles. The van der Waals surface area contributed by atoms with Crippen LogP contribution in [0, 0.1) is 27.7 Å². The molecule has 0 amide bonds. The summed E-state index contributed by atoms with van der Waals surface area (Å²) in [6.07, 6.45) is 0. The van der Waals surface area contributed by atoms with E-state index in [0.29, 0.717) is 0 Å². The van der Waals surface area contributed by atoms with E-state index in [-0.39, 0.29) is 6.04 Å². The molecule has 0 bridgehead atoms. The molecule has 2 heteroatoms. The monoisotopic (exact) mass is 283 g/mol. The molecule has 0 aromatic heterocycles. The van der Waals surface area contributed by atoms with Gasteiger partial charge in [-0.05, 0) is 74.2 Å². The van der Waals surface area contributed by atoms with Gasteiger partial charge in [-0.15, -0.1) is 0 Å². The Morgan fingerprint density at radius 1 is 0.857 bits per heavy atom. The second-order valence-electron chi connectivity index (χ2n) is 5.74. The van der Waals surface area contributed by atoms with Gasteiger partial charge in [-0.2, -0.15) is 0 Å². The standard InChI is InChI=1S/C19H25NO/c1-12-7-8-16(11-18(12)21-6)19(20-5)17-10-14(3)13(2)9-15(17)4/h7-11,19-20H,1-6H3. The van der Waals surface area contributed by atoms with Gasteiger partial charge < -0.3 is 10.1 Å². The highest BCUT2D eigenvalue weighted by molar-refractivity contribution is 5.45. The van der Waals surface area contributed by atoms with Crippen molar-refractivity contribution in [2.24, 2.45) is 0 Å². The lowest BCUT2D eigenvalue weighted by Gasteiger charge is -2.22. The third kappa shape index (κ3) is 3.11. The van der Waals surface area contributed by atoms with Gasteiger partial charge in [-0.1, -0.05) is 24.3 Å². The van der Waals surface area contributed by atoms with Crippen LogP contribution in [0.1, 0.15) is 39.4 Å². The van der Waals surface area contributed by atoms with Crippen molar-refractivity contribution in [2.75, 3.05) is 14.2 Å². The molecule has 2 rings (SSSR count). The van der Waals surface area contributed by atoms with E-state index >= 15 is 0 Å². The van der Waals surface area contributed by atoms with Crippen LogP contribution in [-0.2, 0) is 0 Å². The van der Waals surface area contributed by atoms with Gasteiger partial charge in [0.25, 0.3) is 0 Å². The Morgan fingerprint density at radius 3 is 2.14 bits per heavy atom. The molecule has 1 unspecified atom stereocenters. The van der Waals surface area contributed by atoms with E-state index in [1.54, 1.807) is 7.11 Å². The Labute approximate surface area is 128 Å². The van der Waals surface area contributed by atoms with Crippen molar-refractivity contribution in [3.05, 3.63) is 63.7 Å². The first kappa shape index (κ1) is 15.6. The molecule has 21 heavy (non-hydrogen) atoms. The first-order valence-corrected chi connectivity index (χ1v) is 7.37. The molecule has 0 heterocycles. The summed E-state index contributed by atoms with van der Waals surface area (Å²) in [4.78, 5) is 0. The first-order valence-electron chi connectivity index (χ1n) is 7.37. The second-order valence-corrected chi connectivity index (χ2v) is 5.74. The van der Waals surface area contributed by atoms with Crippen molar-refractivity contribution in [3.63, 3.8) is 0 Å². The SMILES string of the molecule is CNC(c1ccc(C)c(OC)c1)c1cc(C)c(C)cc1C. The Hall–Kier alpha value is -1.80. The van der Waals surface area contributed by atoms with Crippen LogP contribution in [-0.4, -0.2) is 14.2 Å². The molecule has 0 aliphatic heterocycles. The zero-order valence-electron chi connectivity index (χ0n) is 13.9. The van der Waals surface area contributed by atoms with Gasteiger partial charge in [0.05, 0.1) is 13.2 Å². The van der Waals surface area contributed by atoms with Gasteiger partial charge in [0.15, 0.2) is 0 Å². The fraction of sp³-hybridized carbons (Fsp3) is 0.368. The smallest absolute Gasteiger partial charge is 0.122 e. The van der Waals surface area contributed by atoms with E-state index < -0.39 is 0 Å². The predicted octanol–water partition coefficient (Wildman–Crippen LogP) is 4.24. The highest BCUT2D eigenvalue weighted by Gasteiger charge is 2.16. The highest BCUT2D eigenvalue weighted by atomic mass is 16.5. The number of hydrogen-bond acceptors (Lipinski definition) is 2. The van der Waals surface area contributed by atoms with Gasteiger partial charge in [0.2, 0.25) is 0 Å². The third-order valence-corrected chi connectivity index (χ3v) is 4.25. The normalized spacial score (nSPS) is 12.3. The molecule has 1 atom stereocenters. The van der Waals surface area contributed by atoms with Gasteiger partial charge in [0.1, 0.15) is 5.75 Å². The summed E-state index contributed by atoms with van der Waals surface area (Å²) in [6, 6.07) is 11.2. The van der Waals surface area contributed by atoms with E-state index in [4.69, 9.17) is 4.74 Å². The van der Waals surface area contributed by atoms with E-state index in [2.05, 4.69) is 63.3 Å². The van der Waals surface area contributed by atoms with Gasteiger partial charge in [-0.25, -0.2) is 0 Å². The van der Waals surface area contributed by atoms with Crippen LogP contribution in [0.5, 0.6) is 5.75 Å². The lowest BCUT2D eigenvalue weighted by atomic mass is 9.91. The molecule has 2 aromatic rings. The lowest BCUT2D eigenvalue weighted by Crippen LogP contribution is -2.19. The first-order chi connectivity index (χ1) is 9.97. The maximum atomic E-state index is 5.46. The van der Waals surface area contributed by atoms with Crippen LogP contribution in [0.4, 0.5) is 0 Å². The van der Waals surface area contributed by atoms with Gasteiger partial charge in [0, 0.05) is 0 Å². The average Bonchev–Trinajstić information content (AvgIpc) is 2.46. The molecular formula is C19H25NO. The van der Waals surface area contributed by atoms with Crippen molar-refractivity contribution in [2.45, 2.75) is 33.7 Å². The van der Waals surface area contributed by atoms with Crippen molar-refractivity contribution < 1.29 is 4.74 Å². The molecule has 0 spiro atoms. The quantitative estimate of drug-likeness (QED) is 0.906. The molecule has 0 radical (unpaired) electrons. The molecule has 0 saturated heterocycles. The number of ether oxygens (including phenoxy) is 1. The van der Waals surface area contributed by atoms with Crippen molar-refractivity contribution in [1.82, 2.24) is 5.32 Å². The molecule has 0 saturated carbocycles. The van der Waals surface area contributed by atoms with Crippen LogP contribution >= 0.6 is 0 Å². The van der Waals surface area contributed by atoms with E-state index in [0.717, 1.165) is 11.3 Å². The summed E-state index contributed by atoms with van der Waals surface area (Å²) in [5.41, 5.74) is 7.70. The Morgan fingerprint density at radius 2 is 1.52 bits per heavy atom. The highest BCUT2D eigenvalue weighted by Crippen LogP contribution is 2.30. The molecule has 112 valence electrons. The van der Waals surface area contributed by atoms with Crippen LogP contribution in [0.25, 0.3) is 0 Å². The number of benzene rings is 2. The second kappa shape index (κ2) is 6.31. The summed E-state index contributed by atoms with van der Waals surface area (Å²) in [7, 11) is 3.73. The zero-order chi connectivity index (χ0) is 15.6. The molecule has 1 N–H and O–H groups in total. The predicted molar refractivity (Wildman–Crippen MR) is 89.3 cm³/mol. The summed E-state index contributed by atoms with van der Waals surface area (Å²) in [5, 5.41) is 3.44. The molecular weight excluding hydrogens is 258 g/mol. The minimum Gasteiger partial charge on any atom is -0.496 e. The number of hydrogen-bond donors (Lipinski definition) is 1. The molecule has 0 aliphatic carbocycles. The number of aryl methyl sites for hydroxylation is 4. The Bertz CT molecular complexity index is 646. The molecule has 0 fully saturated rings. The lowest BCUT2D eigenvalue weighted by molar-refractivity contribution is 0.410. The Kier molecular flexibility index (Phi) is 4.69. The van der Waals surface area contributed by atoms with E-state index in [1.807, 2.05) is 7.05 Å². The van der Waals surface area contributed by atoms with Crippen molar-refractivity contribution >= 4 is 0 Å². The van der Waals surface area contributed by atoms with Crippen LogP contribution in [0.15, 0.2) is 30.3 Å². The maximum Gasteiger partial charge on any atom is 0.122 e. The minimum atomic E-state index is 0.179. The van der Waals surface area contributed by atoms with Crippen LogP contribution in [0.2, 0.25) is 0 Å². The average molecular weight is 283 g/mol. The number of nitrogens with one attached hydrogen (secondary N) is 1. The molecule has 0 aliphatic rings. The Balaban J connectivity index is 2.52. The fourth-order valence-electron chi connectivity index (χ4n) is 2.81. The fourth-order valence-corrected chi connectivity index (χ4v) is 2.81. The van der Waals surface area contributed by atoms with Crippen LogP contribution in [0.3, 0.4) is 0 Å². The number of methoxy groups -OCH3 is 1. The largest absolute Gasteiger partial charge is 0.496 e. The minimum absolute atomic E-state index is 0.179. The summed E-state index contributed by atoms with van der Waals surface area (Å²) in [5.74, 6) is 0.939. The van der Waals surface area contributed by atoms with Gasteiger partial charge in [-0.3, -0.25) is 0 Å². The maximum absolute atomic E-state index is 5.46. The van der Waals surface area contributed by atoms with Crippen LogP contribution < -0.4 is 10.1 Å².